The summed E-state index contributed by atoms with van der Waals surface area (Å²) in [7, 11) is -4.32. The van der Waals surface area contributed by atoms with Crippen LogP contribution in [0.4, 0.5) is 0 Å². The highest BCUT2D eigenvalue weighted by Gasteiger charge is 2.28. The third-order valence-electron chi connectivity index (χ3n) is 6.21. The van der Waals surface area contributed by atoms with E-state index in [0.29, 0.717) is 0 Å². The van der Waals surface area contributed by atoms with Crippen LogP contribution < -0.4 is 15.6 Å². The molecule has 0 bridgehead atoms. The van der Waals surface area contributed by atoms with Gasteiger partial charge in [-0.05, 0) is 32.3 Å². The number of hydrogen-bond acceptors (Lipinski definition) is 0. The average molecular weight is 419 g/mol. The van der Waals surface area contributed by atoms with Crippen molar-refractivity contribution in [3.63, 3.8) is 0 Å². The minimum Gasteiger partial charge on any atom is -0.0656 e. The molecule has 0 saturated carbocycles. The third kappa shape index (κ3) is 2.99. The van der Waals surface area contributed by atoms with Crippen molar-refractivity contribution in [1.82, 2.24) is 0 Å². The molecule has 0 unspecified atom stereocenters. The lowest BCUT2D eigenvalue weighted by molar-refractivity contribution is 1.70. The first kappa shape index (κ1) is 19.9. The second-order valence-corrected chi connectivity index (χ2v) is 26.7. The number of benzene rings is 4. The van der Waals surface area contributed by atoms with Crippen molar-refractivity contribution in [3.8, 4) is 0 Å². The Balaban J connectivity index is 2.32. The van der Waals surface area contributed by atoms with Gasteiger partial charge in [0.15, 0.2) is 0 Å². The first-order valence-corrected chi connectivity index (χ1v) is 21.1. The summed E-state index contributed by atoms with van der Waals surface area (Å²) >= 11 is 0. The second kappa shape index (κ2) is 6.04. The Morgan fingerprint density at radius 3 is 1.29 bits per heavy atom. The SMILES string of the molecule is C[Si](C)(C)c1ccc2ccc3c([Si](C)(C)C)cc([Si](C)(C)C)c4ccc1c2c34. The van der Waals surface area contributed by atoms with Crippen molar-refractivity contribution in [2.24, 2.45) is 0 Å². The predicted octanol–water partition coefficient (Wildman–Crippen LogP) is 6.22. The van der Waals surface area contributed by atoms with Crippen LogP contribution in [0.2, 0.25) is 58.9 Å². The molecule has 146 valence electrons. The molecule has 0 aliphatic heterocycles. The second-order valence-electron chi connectivity index (χ2n) is 11.6. The van der Waals surface area contributed by atoms with Gasteiger partial charge in [0.25, 0.3) is 0 Å². The standard InChI is InChI=1S/C25H34Si3/c1-26(2,3)21-15-11-17-10-12-19-22(27(4,5)6)16-23(28(7,8)9)20-14-13-18(21)24(17)25(19)20/h10-16H,1-9H3. The van der Waals surface area contributed by atoms with Gasteiger partial charge < -0.3 is 0 Å². The Hall–Kier alpha value is -1.43. The fourth-order valence-corrected chi connectivity index (χ4v) is 9.72. The quantitative estimate of drug-likeness (QED) is 0.274. The molecule has 0 heterocycles. The number of rotatable bonds is 3. The van der Waals surface area contributed by atoms with Gasteiger partial charge in [-0.25, -0.2) is 0 Å². The molecule has 0 fully saturated rings. The van der Waals surface area contributed by atoms with E-state index in [0.717, 1.165) is 0 Å². The maximum absolute atomic E-state index is 2.61. The molecule has 0 radical (unpaired) electrons. The van der Waals surface area contributed by atoms with Crippen LogP contribution in [0.15, 0.2) is 42.5 Å². The molecule has 3 heteroatoms. The molecule has 0 amide bonds. The van der Waals surface area contributed by atoms with Gasteiger partial charge in [0.05, 0.1) is 24.2 Å². The summed E-state index contributed by atoms with van der Waals surface area (Å²) in [5, 5.41) is 13.9. The maximum Gasteiger partial charge on any atom is 0.0784 e. The summed E-state index contributed by atoms with van der Waals surface area (Å²) in [5.41, 5.74) is 0. The molecular weight excluding hydrogens is 385 g/mol. The van der Waals surface area contributed by atoms with Crippen LogP contribution in [0, 0.1) is 0 Å². The molecule has 0 aromatic heterocycles. The molecule has 0 N–H and O–H groups in total. The largest absolute Gasteiger partial charge is 0.0784 e. The van der Waals surface area contributed by atoms with Crippen LogP contribution in [0.25, 0.3) is 32.3 Å². The molecule has 4 aromatic rings. The fraction of sp³-hybridized carbons (Fsp3) is 0.360. The summed E-state index contributed by atoms with van der Waals surface area (Å²) < 4.78 is 0. The molecule has 0 saturated heterocycles. The van der Waals surface area contributed by atoms with Gasteiger partial charge in [-0.1, -0.05) is 117 Å². The molecule has 0 nitrogen and oxygen atoms in total. The van der Waals surface area contributed by atoms with E-state index in [2.05, 4.69) is 101 Å². The Morgan fingerprint density at radius 1 is 0.429 bits per heavy atom. The predicted molar refractivity (Wildman–Crippen MR) is 139 cm³/mol. The lowest BCUT2D eigenvalue weighted by atomic mass is 9.94. The van der Waals surface area contributed by atoms with Crippen LogP contribution in [-0.4, -0.2) is 24.2 Å². The zero-order chi connectivity index (χ0) is 20.6. The first-order chi connectivity index (χ1) is 12.8. The van der Waals surface area contributed by atoms with Gasteiger partial charge in [0.1, 0.15) is 0 Å². The van der Waals surface area contributed by atoms with Crippen LogP contribution in [0.3, 0.4) is 0 Å². The summed E-state index contributed by atoms with van der Waals surface area (Å²) in [4.78, 5) is 0. The van der Waals surface area contributed by atoms with Crippen LogP contribution in [0.1, 0.15) is 0 Å². The van der Waals surface area contributed by atoms with E-state index in [9.17, 15) is 0 Å². The lowest BCUT2D eigenvalue weighted by Gasteiger charge is -2.29. The minimum atomic E-state index is -1.45. The van der Waals surface area contributed by atoms with Crippen molar-refractivity contribution < 1.29 is 0 Å². The van der Waals surface area contributed by atoms with E-state index in [1.54, 1.807) is 20.9 Å². The highest BCUT2D eigenvalue weighted by molar-refractivity contribution is 6.94. The molecule has 4 aromatic carbocycles. The van der Waals surface area contributed by atoms with Gasteiger partial charge in [0.2, 0.25) is 0 Å². The average Bonchev–Trinajstić information content (AvgIpc) is 2.55. The first-order valence-electron chi connectivity index (χ1n) is 10.6. The Labute approximate surface area is 173 Å². The van der Waals surface area contributed by atoms with Crippen LogP contribution in [-0.2, 0) is 0 Å². The monoisotopic (exact) mass is 418 g/mol. The van der Waals surface area contributed by atoms with Crippen molar-refractivity contribution in [1.29, 1.82) is 0 Å². The topological polar surface area (TPSA) is 0 Å². The van der Waals surface area contributed by atoms with Crippen molar-refractivity contribution in [2.45, 2.75) is 58.9 Å². The van der Waals surface area contributed by atoms with E-state index < -0.39 is 24.2 Å². The van der Waals surface area contributed by atoms with E-state index in [1.807, 2.05) is 0 Å². The normalized spacial score (nSPS) is 13.9. The highest BCUT2D eigenvalue weighted by Crippen LogP contribution is 2.35. The van der Waals surface area contributed by atoms with Crippen molar-refractivity contribution in [3.05, 3.63) is 42.5 Å². The Bertz CT molecular complexity index is 1160. The Kier molecular flexibility index (Phi) is 4.28. The van der Waals surface area contributed by atoms with Gasteiger partial charge >= 0.3 is 0 Å². The number of hydrogen-bond donors (Lipinski definition) is 0. The summed E-state index contributed by atoms with van der Waals surface area (Å²) in [6, 6.07) is 17.1. The molecular formula is C25H34Si3. The Morgan fingerprint density at radius 2 is 0.821 bits per heavy atom. The van der Waals surface area contributed by atoms with Crippen molar-refractivity contribution in [2.75, 3.05) is 0 Å². The molecule has 4 rings (SSSR count). The maximum atomic E-state index is 2.61. The fourth-order valence-electron chi connectivity index (χ4n) is 4.79. The minimum absolute atomic E-state index is 1.41. The molecule has 0 atom stereocenters. The molecule has 28 heavy (non-hydrogen) atoms. The van der Waals surface area contributed by atoms with Gasteiger partial charge in [-0.3, -0.25) is 0 Å². The molecule has 0 spiro atoms. The molecule has 0 aliphatic carbocycles. The van der Waals surface area contributed by atoms with E-state index in [1.165, 1.54) is 26.9 Å². The van der Waals surface area contributed by atoms with E-state index >= 15 is 0 Å². The van der Waals surface area contributed by atoms with E-state index in [-0.39, 0.29) is 0 Å². The summed E-state index contributed by atoms with van der Waals surface area (Å²) in [6.45, 7) is 22.4. The van der Waals surface area contributed by atoms with Gasteiger partial charge in [-0.2, -0.15) is 0 Å². The zero-order valence-corrected chi connectivity index (χ0v) is 22.0. The molecule has 0 aliphatic rings. The van der Waals surface area contributed by atoms with Crippen LogP contribution >= 0.6 is 0 Å². The third-order valence-corrected chi connectivity index (χ3v) is 12.3. The van der Waals surface area contributed by atoms with Gasteiger partial charge in [0, 0.05) is 0 Å². The summed E-state index contributed by atoms with van der Waals surface area (Å²) in [6.07, 6.45) is 0. The lowest BCUT2D eigenvalue weighted by Crippen LogP contribution is -2.46. The zero-order valence-electron chi connectivity index (χ0n) is 19.0. The van der Waals surface area contributed by atoms with Crippen molar-refractivity contribution >= 4 is 72.1 Å². The van der Waals surface area contributed by atoms with E-state index in [4.69, 9.17) is 0 Å². The summed E-state index contributed by atoms with van der Waals surface area (Å²) in [5.74, 6) is 0. The van der Waals surface area contributed by atoms with Gasteiger partial charge in [-0.15, -0.1) is 0 Å². The smallest absolute Gasteiger partial charge is 0.0656 e. The highest BCUT2D eigenvalue weighted by atomic mass is 28.3. The van der Waals surface area contributed by atoms with Crippen LogP contribution in [0.5, 0.6) is 0 Å².